The van der Waals surface area contributed by atoms with Gasteiger partial charge in [0.15, 0.2) is 0 Å². The molecule has 2 aliphatic rings. The van der Waals surface area contributed by atoms with Gasteiger partial charge in [0.1, 0.15) is 0 Å². The van der Waals surface area contributed by atoms with Gasteiger partial charge < -0.3 is 10.1 Å². The van der Waals surface area contributed by atoms with Gasteiger partial charge in [-0.25, -0.2) is 0 Å². The maximum atomic E-state index is 5.90. The van der Waals surface area contributed by atoms with E-state index in [0.29, 0.717) is 12.1 Å². The van der Waals surface area contributed by atoms with E-state index >= 15 is 0 Å². The van der Waals surface area contributed by atoms with Crippen molar-refractivity contribution in [3.8, 4) is 0 Å². The molecule has 1 heterocycles. The topological polar surface area (TPSA) is 21.3 Å². The highest BCUT2D eigenvalue weighted by atomic mass is 16.5. The van der Waals surface area contributed by atoms with Crippen molar-refractivity contribution in [3.63, 3.8) is 0 Å². The lowest BCUT2D eigenvalue weighted by atomic mass is 9.83. The monoisotopic (exact) mass is 203 g/mol. The molecule has 0 aromatic heterocycles. The van der Waals surface area contributed by atoms with Gasteiger partial charge in [-0.3, -0.25) is 0 Å². The Balaban J connectivity index is 2.03. The molecule has 2 heteroatoms. The molecule has 3 rings (SSSR count). The summed E-state index contributed by atoms with van der Waals surface area (Å²) in [6, 6.07) is 7.11. The zero-order valence-corrected chi connectivity index (χ0v) is 9.12. The molecule has 1 aliphatic carbocycles. The highest BCUT2D eigenvalue weighted by Crippen LogP contribution is 2.35. The molecule has 2 nitrogen and oxygen atoms in total. The molecule has 1 saturated heterocycles. The van der Waals surface area contributed by atoms with E-state index in [4.69, 9.17) is 4.74 Å². The first-order valence-corrected chi connectivity index (χ1v) is 5.79. The van der Waals surface area contributed by atoms with Gasteiger partial charge in [0.05, 0.1) is 12.7 Å². The second kappa shape index (κ2) is 3.62. The number of benzene rings is 1. The second-order valence-corrected chi connectivity index (χ2v) is 4.53. The molecule has 1 N–H and O–H groups in total. The lowest BCUT2D eigenvalue weighted by Crippen LogP contribution is -2.45. The highest BCUT2D eigenvalue weighted by Gasteiger charge is 2.32. The van der Waals surface area contributed by atoms with Crippen LogP contribution >= 0.6 is 0 Å². The van der Waals surface area contributed by atoms with E-state index in [1.54, 1.807) is 0 Å². The smallest absolute Gasteiger partial charge is 0.0981 e. The van der Waals surface area contributed by atoms with Gasteiger partial charge in [-0.15, -0.1) is 0 Å². The van der Waals surface area contributed by atoms with Gasteiger partial charge in [-0.2, -0.15) is 0 Å². The minimum Gasteiger partial charge on any atom is -0.371 e. The second-order valence-electron chi connectivity index (χ2n) is 4.53. The van der Waals surface area contributed by atoms with E-state index in [9.17, 15) is 0 Å². The minimum absolute atomic E-state index is 0.294. The third-order valence-corrected chi connectivity index (χ3v) is 3.63. The van der Waals surface area contributed by atoms with Gasteiger partial charge in [0.2, 0.25) is 0 Å². The van der Waals surface area contributed by atoms with E-state index < -0.39 is 0 Å². The number of fused-ring (bicyclic) bond motifs is 3. The first-order valence-electron chi connectivity index (χ1n) is 5.79. The maximum absolute atomic E-state index is 5.90. The first-order chi connectivity index (χ1) is 7.36. The Morgan fingerprint density at radius 1 is 1.40 bits per heavy atom. The number of aryl methyl sites for hydroxylation is 1. The third-order valence-electron chi connectivity index (χ3n) is 3.63. The van der Waals surface area contributed by atoms with E-state index in [1.165, 1.54) is 29.5 Å². The third kappa shape index (κ3) is 1.48. The number of hydrogen-bond acceptors (Lipinski definition) is 2. The number of ether oxygens (including phenoxy) is 1. The van der Waals surface area contributed by atoms with E-state index in [0.717, 1.165) is 13.2 Å². The van der Waals surface area contributed by atoms with Crippen molar-refractivity contribution in [1.29, 1.82) is 0 Å². The first kappa shape index (κ1) is 9.37. The molecule has 2 atom stereocenters. The van der Waals surface area contributed by atoms with Crippen molar-refractivity contribution >= 4 is 0 Å². The van der Waals surface area contributed by atoms with Crippen LogP contribution in [0.1, 0.15) is 29.2 Å². The minimum atomic E-state index is 0.294. The number of hydrogen-bond donors (Lipinski definition) is 1. The SMILES string of the molecule is Cc1cccc2c1CCC1NCCOC21. The average molecular weight is 203 g/mol. The summed E-state index contributed by atoms with van der Waals surface area (Å²) in [5.74, 6) is 0. The highest BCUT2D eigenvalue weighted by molar-refractivity contribution is 5.39. The van der Waals surface area contributed by atoms with Crippen molar-refractivity contribution in [1.82, 2.24) is 5.32 Å². The van der Waals surface area contributed by atoms with Crippen LogP contribution in [0.2, 0.25) is 0 Å². The molecular weight excluding hydrogens is 186 g/mol. The molecule has 0 bridgehead atoms. The van der Waals surface area contributed by atoms with Gasteiger partial charge >= 0.3 is 0 Å². The van der Waals surface area contributed by atoms with Crippen LogP contribution in [0.5, 0.6) is 0 Å². The van der Waals surface area contributed by atoms with Crippen LogP contribution in [0, 0.1) is 6.92 Å². The van der Waals surface area contributed by atoms with Crippen LogP contribution in [0.4, 0.5) is 0 Å². The molecule has 1 aliphatic heterocycles. The van der Waals surface area contributed by atoms with Gasteiger partial charge in [0, 0.05) is 12.6 Å². The van der Waals surface area contributed by atoms with Gasteiger partial charge in [-0.05, 0) is 36.5 Å². The Hall–Kier alpha value is -0.860. The summed E-state index contributed by atoms with van der Waals surface area (Å²) in [4.78, 5) is 0. The Labute approximate surface area is 90.6 Å². The Morgan fingerprint density at radius 3 is 3.27 bits per heavy atom. The fraction of sp³-hybridized carbons (Fsp3) is 0.538. The summed E-state index contributed by atoms with van der Waals surface area (Å²) in [7, 11) is 0. The zero-order chi connectivity index (χ0) is 10.3. The molecule has 1 aromatic rings. The van der Waals surface area contributed by atoms with Gasteiger partial charge in [0.25, 0.3) is 0 Å². The molecule has 0 radical (unpaired) electrons. The quantitative estimate of drug-likeness (QED) is 0.696. The number of rotatable bonds is 0. The lowest BCUT2D eigenvalue weighted by molar-refractivity contribution is -0.0127. The van der Waals surface area contributed by atoms with Crippen molar-refractivity contribution in [3.05, 3.63) is 34.9 Å². The van der Waals surface area contributed by atoms with Crippen molar-refractivity contribution in [2.75, 3.05) is 13.2 Å². The van der Waals surface area contributed by atoms with E-state index in [1.807, 2.05) is 0 Å². The standard InChI is InChI=1S/C13H17NO/c1-9-3-2-4-11-10(9)5-6-12-13(11)15-8-7-14-12/h2-4,12-14H,5-8H2,1H3. The molecule has 2 unspecified atom stereocenters. The largest absolute Gasteiger partial charge is 0.371 e. The van der Waals surface area contributed by atoms with E-state index in [-0.39, 0.29) is 0 Å². The summed E-state index contributed by atoms with van der Waals surface area (Å²) in [5.41, 5.74) is 4.35. The van der Waals surface area contributed by atoms with Crippen LogP contribution in [0.15, 0.2) is 18.2 Å². The zero-order valence-electron chi connectivity index (χ0n) is 9.12. The summed E-state index contributed by atoms with van der Waals surface area (Å²) in [6.07, 6.45) is 2.70. The van der Waals surface area contributed by atoms with Crippen molar-refractivity contribution in [2.45, 2.75) is 31.9 Å². The summed E-state index contributed by atoms with van der Waals surface area (Å²) >= 11 is 0. The maximum Gasteiger partial charge on any atom is 0.0981 e. The van der Waals surface area contributed by atoms with Crippen LogP contribution < -0.4 is 5.32 Å². The van der Waals surface area contributed by atoms with E-state index in [2.05, 4.69) is 30.4 Å². The predicted molar refractivity (Wildman–Crippen MR) is 60.0 cm³/mol. The molecule has 0 amide bonds. The van der Waals surface area contributed by atoms with Crippen LogP contribution in [-0.2, 0) is 11.2 Å². The molecule has 15 heavy (non-hydrogen) atoms. The fourth-order valence-electron chi connectivity index (χ4n) is 2.85. The Kier molecular flexibility index (Phi) is 2.26. The summed E-state index contributed by atoms with van der Waals surface area (Å²) < 4.78 is 5.90. The Bertz CT molecular complexity index is 375. The lowest BCUT2D eigenvalue weighted by Gasteiger charge is -2.38. The van der Waals surface area contributed by atoms with Crippen LogP contribution in [-0.4, -0.2) is 19.2 Å². The average Bonchev–Trinajstić information content (AvgIpc) is 2.29. The van der Waals surface area contributed by atoms with Gasteiger partial charge in [-0.1, -0.05) is 18.2 Å². The predicted octanol–water partition coefficient (Wildman–Crippen LogP) is 1.97. The molecule has 1 aromatic carbocycles. The molecule has 0 saturated carbocycles. The fourth-order valence-corrected chi connectivity index (χ4v) is 2.85. The molecule has 1 fully saturated rings. The normalized spacial score (nSPS) is 29.4. The molecular formula is C13H17NO. The Morgan fingerprint density at radius 2 is 2.33 bits per heavy atom. The van der Waals surface area contributed by atoms with Crippen LogP contribution in [0.25, 0.3) is 0 Å². The number of morpholine rings is 1. The van der Waals surface area contributed by atoms with Crippen LogP contribution in [0.3, 0.4) is 0 Å². The van der Waals surface area contributed by atoms with Crippen molar-refractivity contribution in [2.24, 2.45) is 0 Å². The van der Waals surface area contributed by atoms with Crippen molar-refractivity contribution < 1.29 is 4.74 Å². The molecule has 80 valence electrons. The molecule has 0 spiro atoms. The summed E-state index contributed by atoms with van der Waals surface area (Å²) in [6.45, 7) is 4.05. The summed E-state index contributed by atoms with van der Waals surface area (Å²) in [5, 5.41) is 3.56. The number of nitrogens with one attached hydrogen (secondary N) is 1.